The van der Waals surface area contributed by atoms with Gasteiger partial charge in [0.05, 0.1) is 11.4 Å². The van der Waals surface area contributed by atoms with Gasteiger partial charge in [-0.15, -0.1) is 0 Å². The van der Waals surface area contributed by atoms with E-state index in [-0.39, 0.29) is 22.8 Å². The first-order valence-corrected chi connectivity index (χ1v) is 7.14. The zero-order chi connectivity index (χ0) is 13.2. The Morgan fingerprint density at radius 2 is 2.00 bits per heavy atom. The highest BCUT2D eigenvalue weighted by Gasteiger charge is 2.17. The monoisotopic (exact) mass is 269 g/mol. The third kappa shape index (κ3) is 3.16. The lowest BCUT2D eigenvalue weighted by Gasteiger charge is -2.03. The number of rotatable bonds is 4. The minimum absolute atomic E-state index is 0.161. The SMILES string of the molecule is Cc1cc(CS(=O)(=O)Cc2ccccc2F)on1. The van der Waals surface area contributed by atoms with Gasteiger partial charge >= 0.3 is 0 Å². The van der Waals surface area contributed by atoms with Crippen LogP contribution in [0.2, 0.25) is 0 Å². The van der Waals surface area contributed by atoms with Crippen molar-refractivity contribution in [2.24, 2.45) is 0 Å². The molecule has 0 amide bonds. The number of benzene rings is 1. The second-order valence-electron chi connectivity index (χ2n) is 4.06. The van der Waals surface area contributed by atoms with Crippen molar-refractivity contribution in [3.05, 3.63) is 53.2 Å². The molecule has 2 aromatic rings. The van der Waals surface area contributed by atoms with Crippen molar-refractivity contribution in [2.75, 3.05) is 0 Å². The van der Waals surface area contributed by atoms with E-state index in [1.165, 1.54) is 18.2 Å². The maximum Gasteiger partial charge on any atom is 0.161 e. The van der Waals surface area contributed by atoms with Crippen molar-refractivity contribution in [3.8, 4) is 0 Å². The van der Waals surface area contributed by atoms with Crippen LogP contribution in [0, 0.1) is 12.7 Å². The average molecular weight is 269 g/mol. The highest BCUT2D eigenvalue weighted by atomic mass is 32.2. The van der Waals surface area contributed by atoms with Gasteiger partial charge in [0, 0.05) is 11.6 Å². The van der Waals surface area contributed by atoms with Crippen LogP contribution in [0.4, 0.5) is 4.39 Å². The molecule has 0 atom stereocenters. The van der Waals surface area contributed by atoms with Crippen LogP contribution in [-0.2, 0) is 21.3 Å². The van der Waals surface area contributed by atoms with Gasteiger partial charge in [-0.2, -0.15) is 0 Å². The van der Waals surface area contributed by atoms with Crippen LogP contribution in [-0.4, -0.2) is 13.6 Å². The molecule has 1 aromatic carbocycles. The molecule has 0 aliphatic rings. The lowest BCUT2D eigenvalue weighted by Crippen LogP contribution is -2.08. The van der Waals surface area contributed by atoms with E-state index in [4.69, 9.17) is 4.52 Å². The van der Waals surface area contributed by atoms with Crippen molar-refractivity contribution >= 4 is 9.84 Å². The Hall–Kier alpha value is -1.69. The summed E-state index contributed by atoms with van der Waals surface area (Å²) in [6.07, 6.45) is 0. The molecule has 0 unspecified atom stereocenters. The summed E-state index contributed by atoms with van der Waals surface area (Å²) < 4.78 is 42.0. The lowest BCUT2D eigenvalue weighted by atomic mass is 10.2. The molecule has 0 N–H and O–H groups in total. The smallest absolute Gasteiger partial charge is 0.161 e. The van der Waals surface area contributed by atoms with Crippen molar-refractivity contribution < 1.29 is 17.3 Å². The Labute approximate surface area is 104 Å². The summed E-state index contributed by atoms with van der Waals surface area (Å²) >= 11 is 0. The molecular formula is C12H12FNO3S. The first kappa shape index (κ1) is 12.8. The second kappa shape index (κ2) is 4.89. The van der Waals surface area contributed by atoms with E-state index >= 15 is 0 Å². The number of hydrogen-bond donors (Lipinski definition) is 0. The Kier molecular flexibility index (Phi) is 3.47. The number of aryl methyl sites for hydroxylation is 1. The maximum atomic E-state index is 13.4. The topological polar surface area (TPSA) is 60.2 Å². The summed E-state index contributed by atoms with van der Waals surface area (Å²) in [6, 6.07) is 7.37. The average Bonchev–Trinajstić information content (AvgIpc) is 2.66. The normalized spacial score (nSPS) is 11.7. The Balaban J connectivity index is 2.15. The first-order valence-electron chi connectivity index (χ1n) is 5.32. The van der Waals surface area contributed by atoms with E-state index in [1.807, 2.05) is 0 Å². The van der Waals surface area contributed by atoms with Gasteiger partial charge in [0.25, 0.3) is 0 Å². The van der Waals surface area contributed by atoms with Crippen LogP contribution in [0.3, 0.4) is 0 Å². The van der Waals surface area contributed by atoms with Crippen LogP contribution in [0.1, 0.15) is 17.0 Å². The van der Waals surface area contributed by atoms with Gasteiger partial charge in [-0.05, 0) is 13.0 Å². The first-order chi connectivity index (χ1) is 8.46. The zero-order valence-corrected chi connectivity index (χ0v) is 10.6. The molecule has 0 saturated heterocycles. The maximum absolute atomic E-state index is 13.4. The fraction of sp³-hybridized carbons (Fsp3) is 0.250. The predicted octanol–water partition coefficient (Wildman–Crippen LogP) is 2.24. The van der Waals surface area contributed by atoms with E-state index in [0.29, 0.717) is 5.69 Å². The fourth-order valence-electron chi connectivity index (χ4n) is 1.60. The summed E-state index contributed by atoms with van der Waals surface area (Å²) in [5.41, 5.74) is 0.778. The Morgan fingerprint density at radius 1 is 1.28 bits per heavy atom. The predicted molar refractivity (Wildman–Crippen MR) is 64.0 cm³/mol. The Bertz CT molecular complexity index is 649. The molecule has 0 saturated carbocycles. The van der Waals surface area contributed by atoms with E-state index in [1.54, 1.807) is 19.1 Å². The highest BCUT2D eigenvalue weighted by Crippen LogP contribution is 2.15. The fourth-order valence-corrected chi connectivity index (χ4v) is 2.98. The molecule has 0 radical (unpaired) electrons. The molecule has 4 nitrogen and oxygen atoms in total. The molecule has 0 aliphatic heterocycles. The van der Waals surface area contributed by atoms with Gasteiger partial charge in [-0.3, -0.25) is 0 Å². The van der Waals surface area contributed by atoms with E-state index < -0.39 is 15.7 Å². The quantitative estimate of drug-likeness (QED) is 0.854. The molecule has 6 heteroatoms. The van der Waals surface area contributed by atoms with Crippen molar-refractivity contribution in [2.45, 2.75) is 18.4 Å². The molecule has 96 valence electrons. The molecule has 0 aliphatic carbocycles. The number of aromatic nitrogens is 1. The van der Waals surface area contributed by atoms with Gasteiger partial charge in [-0.1, -0.05) is 23.4 Å². The summed E-state index contributed by atoms with van der Waals surface area (Å²) in [5, 5.41) is 3.61. The second-order valence-corrected chi connectivity index (χ2v) is 6.12. The van der Waals surface area contributed by atoms with Crippen LogP contribution in [0.15, 0.2) is 34.9 Å². The minimum atomic E-state index is -3.47. The van der Waals surface area contributed by atoms with Crippen LogP contribution in [0.25, 0.3) is 0 Å². The van der Waals surface area contributed by atoms with E-state index in [0.717, 1.165) is 0 Å². The molecule has 0 spiro atoms. The third-order valence-corrected chi connectivity index (χ3v) is 3.85. The van der Waals surface area contributed by atoms with Gasteiger partial charge in [0.2, 0.25) is 0 Å². The van der Waals surface area contributed by atoms with Crippen LogP contribution in [0.5, 0.6) is 0 Å². The molecule has 1 heterocycles. The van der Waals surface area contributed by atoms with E-state index in [2.05, 4.69) is 5.16 Å². The van der Waals surface area contributed by atoms with Gasteiger partial charge in [0.15, 0.2) is 15.6 Å². The lowest BCUT2D eigenvalue weighted by molar-refractivity contribution is 0.388. The zero-order valence-electron chi connectivity index (χ0n) is 9.76. The molecule has 0 fully saturated rings. The summed E-state index contributed by atoms with van der Waals surface area (Å²) in [4.78, 5) is 0. The molecule has 0 bridgehead atoms. The molecule has 18 heavy (non-hydrogen) atoms. The van der Waals surface area contributed by atoms with Crippen LogP contribution < -0.4 is 0 Å². The molecule has 1 aromatic heterocycles. The standard InChI is InChI=1S/C12H12FNO3S/c1-9-6-11(17-14-9)8-18(15,16)7-10-4-2-3-5-12(10)13/h2-6H,7-8H2,1H3. The van der Waals surface area contributed by atoms with Crippen molar-refractivity contribution in [1.82, 2.24) is 5.16 Å². The number of sulfone groups is 1. The van der Waals surface area contributed by atoms with Crippen molar-refractivity contribution in [3.63, 3.8) is 0 Å². The van der Waals surface area contributed by atoms with Crippen LogP contribution >= 0.6 is 0 Å². The van der Waals surface area contributed by atoms with Crippen molar-refractivity contribution in [1.29, 1.82) is 0 Å². The number of hydrogen-bond acceptors (Lipinski definition) is 4. The largest absolute Gasteiger partial charge is 0.360 e. The summed E-state index contributed by atoms with van der Waals surface area (Å²) in [6.45, 7) is 1.70. The minimum Gasteiger partial charge on any atom is -0.360 e. The summed E-state index contributed by atoms with van der Waals surface area (Å²) in [5.74, 6) is -0.875. The molecular weight excluding hydrogens is 257 g/mol. The number of halogens is 1. The summed E-state index contributed by atoms with van der Waals surface area (Å²) in [7, 11) is -3.47. The highest BCUT2D eigenvalue weighted by molar-refractivity contribution is 7.89. The molecule has 2 rings (SSSR count). The van der Waals surface area contributed by atoms with Gasteiger partial charge < -0.3 is 4.52 Å². The Morgan fingerprint density at radius 3 is 2.61 bits per heavy atom. The third-order valence-electron chi connectivity index (χ3n) is 2.37. The van der Waals surface area contributed by atoms with E-state index in [9.17, 15) is 12.8 Å². The number of nitrogens with zero attached hydrogens (tertiary/aromatic N) is 1. The van der Waals surface area contributed by atoms with Gasteiger partial charge in [0.1, 0.15) is 11.6 Å². The van der Waals surface area contributed by atoms with Gasteiger partial charge in [-0.25, -0.2) is 12.8 Å².